The lowest BCUT2D eigenvalue weighted by Gasteiger charge is -2.07. The summed E-state index contributed by atoms with van der Waals surface area (Å²) in [6, 6.07) is 1.69. The molecule has 1 heterocycles. The summed E-state index contributed by atoms with van der Waals surface area (Å²) in [5.41, 5.74) is 0.581. The maximum atomic E-state index is 11.0. The third-order valence-corrected chi connectivity index (χ3v) is 4.18. The fraction of sp³-hybridized carbons (Fsp3) is 0.625. The molecule has 1 saturated carbocycles. The number of rotatable bonds is 3. The average Bonchev–Trinajstić information content (AvgIpc) is 2.71. The van der Waals surface area contributed by atoms with E-state index >= 15 is 0 Å². The molecule has 1 aliphatic carbocycles. The Kier molecular flexibility index (Phi) is 1.94. The van der Waals surface area contributed by atoms with Gasteiger partial charge in [-0.15, -0.1) is 0 Å². The molecule has 1 aromatic rings. The van der Waals surface area contributed by atoms with E-state index < -0.39 is 14.9 Å². The smallest absolute Gasteiger partial charge is 0.271 e. The number of nitrogens with zero attached hydrogens (tertiary/aromatic N) is 1. The lowest BCUT2D eigenvalue weighted by Crippen LogP contribution is -2.24. The van der Waals surface area contributed by atoms with Crippen molar-refractivity contribution in [3.8, 4) is 0 Å². The van der Waals surface area contributed by atoms with Gasteiger partial charge in [0.05, 0.1) is 5.69 Å². The van der Waals surface area contributed by atoms with Crippen molar-refractivity contribution in [2.24, 2.45) is 0 Å². The first-order valence-electron chi connectivity index (χ1n) is 4.32. The van der Waals surface area contributed by atoms with Gasteiger partial charge in [0.25, 0.3) is 10.1 Å². The minimum absolute atomic E-state index is 0.239. The fourth-order valence-corrected chi connectivity index (χ4v) is 2.44. The van der Waals surface area contributed by atoms with Crippen molar-refractivity contribution in [2.75, 3.05) is 0 Å². The van der Waals surface area contributed by atoms with E-state index in [0.717, 1.165) is 0 Å². The van der Waals surface area contributed by atoms with Crippen molar-refractivity contribution >= 4 is 10.1 Å². The molecule has 6 heteroatoms. The summed E-state index contributed by atoms with van der Waals surface area (Å²) in [4.78, 5) is 0. The van der Waals surface area contributed by atoms with Crippen molar-refractivity contribution in [3.05, 3.63) is 17.5 Å². The predicted octanol–water partition coefficient (Wildman–Crippen LogP) is 0.946. The van der Waals surface area contributed by atoms with Crippen LogP contribution < -0.4 is 0 Å². The first kappa shape index (κ1) is 9.67. The number of aryl methyl sites for hydroxylation is 1. The molecule has 1 aromatic heterocycles. The molecule has 2 rings (SSSR count). The van der Waals surface area contributed by atoms with Gasteiger partial charge >= 0.3 is 0 Å². The van der Waals surface area contributed by atoms with Gasteiger partial charge < -0.3 is 4.52 Å². The summed E-state index contributed by atoms with van der Waals surface area (Å²) < 4.78 is 34.9. The van der Waals surface area contributed by atoms with Crippen molar-refractivity contribution in [1.82, 2.24) is 5.16 Å². The van der Waals surface area contributed by atoms with Gasteiger partial charge in [0.2, 0.25) is 0 Å². The van der Waals surface area contributed by atoms with Crippen LogP contribution in [0.2, 0.25) is 0 Å². The summed E-state index contributed by atoms with van der Waals surface area (Å²) in [5, 5.41) is 3.70. The highest BCUT2D eigenvalue weighted by Crippen LogP contribution is 2.45. The van der Waals surface area contributed by atoms with Crippen LogP contribution in [0.25, 0.3) is 0 Å². The zero-order valence-electron chi connectivity index (χ0n) is 7.73. The fourth-order valence-electron chi connectivity index (χ4n) is 1.50. The van der Waals surface area contributed by atoms with E-state index in [9.17, 15) is 8.42 Å². The Bertz CT molecular complexity index is 444. The van der Waals surface area contributed by atoms with Crippen LogP contribution in [0.5, 0.6) is 0 Å². The molecule has 78 valence electrons. The molecule has 1 aliphatic rings. The van der Waals surface area contributed by atoms with Gasteiger partial charge in [0.1, 0.15) is 10.5 Å². The number of hydrogen-bond donors (Lipinski definition) is 1. The summed E-state index contributed by atoms with van der Waals surface area (Å²) >= 11 is 0. The average molecular weight is 217 g/mol. The summed E-state index contributed by atoms with van der Waals surface area (Å²) in [7, 11) is -3.96. The van der Waals surface area contributed by atoms with Crippen LogP contribution >= 0.6 is 0 Å². The van der Waals surface area contributed by atoms with Crippen molar-refractivity contribution in [1.29, 1.82) is 0 Å². The van der Waals surface area contributed by atoms with Gasteiger partial charge in [-0.25, -0.2) is 0 Å². The Morgan fingerprint density at radius 1 is 1.64 bits per heavy atom. The van der Waals surface area contributed by atoms with E-state index in [1.807, 2.05) is 0 Å². The molecule has 14 heavy (non-hydrogen) atoms. The van der Waals surface area contributed by atoms with Crippen molar-refractivity contribution in [2.45, 2.75) is 30.9 Å². The first-order chi connectivity index (χ1) is 6.43. The molecule has 0 aromatic carbocycles. The van der Waals surface area contributed by atoms with Gasteiger partial charge in [-0.1, -0.05) is 5.16 Å². The summed E-state index contributed by atoms with van der Waals surface area (Å²) in [5.74, 6) is 0.645. The zero-order valence-corrected chi connectivity index (χ0v) is 8.54. The molecule has 0 spiro atoms. The van der Waals surface area contributed by atoms with E-state index in [1.54, 1.807) is 13.0 Å². The lowest BCUT2D eigenvalue weighted by molar-refractivity contribution is 0.388. The second kappa shape index (κ2) is 2.80. The SMILES string of the molecule is Cc1cc(CC2(S(=O)(=O)O)CC2)no1. The van der Waals surface area contributed by atoms with E-state index in [0.29, 0.717) is 24.3 Å². The highest BCUT2D eigenvalue weighted by atomic mass is 32.2. The topological polar surface area (TPSA) is 80.4 Å². The number of aromatic nitrogens is 1. The molecule has 0 saturated heterocycles. The van der Waals surface area contributed by atoms with Gasteiger partial charge in [-0.3, -0.25) is 4.55 Å². The van der Waals surface area contributed by atoms with E-state index in [-0.39, 0.29) is 6.42 Å². The van der Waals surface area contributed by atoms with E-state index in [1.165, 1.54) is 0 Å². The molecule has 0 aliphatic heterocycles. The molecular formula is C8H11NO4S. The largest absolute Gasteiger partial charge is 0.361 e. The molecule has 0 radical (unpaired) electrons. The molecule has 1 fully saturated rings. The minimum Gasteiger partial charge on any atom is -0.361 e. The Morgan fingerprint density at radius 3 is 2.64 bits per heavy atom. The summed E-state index contributed by atoms with van der Waals surface area (Å²) in [6.07, 6.45) is 1.23. The quantitative estimate of drug-likeness (QED) is 0.762. The maximum absolute atomic E-state index is 11.0. The second-order valence-corrected chi connectivity index (χ2v) is 5.58. The molecule has 0 atom stereocenters. The van der Waals surface area contributed by atoms with Crippen LogP contribution in [0.3, 0.4) is 0 Å². The van der Waals surface area contributed by atoms with Crippen molar-refractivity contribution < 1.29 is 17.5 Å². The lowest BCUT2D eigenvalue weighted by atomic mass is 10.2. The third kappa shape index (κ3) is 1.55. The Labute approximate surface area is 81.8 Å². The van der Waals surface area contributed by atoms with Crippen LogP contribution in [0.1, 0.15) is 24.3 Å². The Balaban J connectivity index is 2.20. The Hall–Kier alpha value is -0.880. The first-order valence-corrected chi connectivity index (χ1v) is 5.76. The van der Waals surface area contributed by atoms with Gasteiger partial charge in [0.15, 0.2) is 0 Å². The Morgan fingerprint density at radius 2 is 2.29 bits per heavy atom. The molecule has 0 amide bonds. The normalized spacial score (nSPS) is 19.6. The minimum atomic E-state index is -3.96. The van der Waals surface area contributed by atoms with Crippen LogP contribution in [-0.2, 0) is 16.5 Å². The zero-order chi connectivity index (χ0) is 10.4. The molecule has 0 bridgehead atoms. The second-order valence-electron chi connectivity index (χ2n) is 3.76. The van der Waals surface area contributed by atoms with Gasteiger partial charge in [-0.2, -0.15) is 8.42 Å². The van der Waals surface area contributed by atoms with Crippen LogP contribution in [0.4, 0.5) is 0 Å². The van der Waals surface area contributed by atoms with Crippen LogP contribution in [0.15, 0.2) is 10.6 Å². The van der Waals surface area contributed by atoms with E-state index in [4.69, 9.17) is 9.08 Å². The molecule has 1 N–H and O–H groups in total. The highest BCUT2D eigenvalue weighted by Gasteiger charge is 2.54. The molecule has 5 nitrogen and oxygen atoms in total. The van der Waals surface area contributed by atoms with Gasteiger partial charge in [0, 0.05) is 12.5 Å². The van der Waals surface area contributed by atoms with E-state index in [2.05, 4.69) is 5.16 Å². The van der Waals surface area contributed by atoms with Crippen LogP contribution in [0, 0.1) is 6.92 Å². The van der Waals surface area contributed by atoms with Gasteiger partial charge in [-0.05, 0) is 19.8 Å². The predicted molar refractivity (Wildman–Crippen MR) is 48.5 cm³/mol. The maximum Gasteiger partial charge on any atom is 0.271 e. The van der Waals surface area contributed by atoms with Crippen LogP contribution in [-0.4, -0.2) is 22.9 Å². The number of hydrogen-bond acceptors (Lipinski definition) is 4. The molecule has 0 unspecified atom stereocenters. The highest BCUT2D eigenvalue weighted by molar-refractivity contribution is 7.87. The standard InChI is InChI=1S/C8H11NO4S/c1-6-4-7(9-13-6)5-8(2-3-8)14(10,11)12/h4H,2-3,5H2,1H3,(H,10,11,12). The molecular weight excluding hydrogens is 206 g/mol. The third-order valence-electron chi connectivity index (χ3n) is 2.53. The summed E-state index contributed by atoms with van der Waals surface area (Å²) in [6.45, 7) is 1.74. The monoisotopic (exact) mass is 217 g/mol. The van der Waals surface area contributed by atoms with Crippen molar-refractivity contribution in [3.63, 3.8) is 0 Å².